The predicted octanol–water partition coefficient (Wildman–Crippen LogP) is 6.45. The van der Waals surface area contributed by atoms with Crippen LogP contribution in [0, 0.1) is 0 Å². The fraction of sp³-hybridized carbons (Fsp3) is 0.188. The number of rotatable bonds is 10. The first-order valence-corrected chi connectivity index (χ1v) is 14.9. The Morgan fingerprint density at radius 1 is 0.976 bits per heavy atom. The molecule has 0 saturated carbocycles. The summed E-state index contributed by atoms with van der Waals surface area (Å²) >= 11 is 7.73. The van der Waals surface area contributed by atoms with Gasteiger partial charge in [0.15, 0.2) is 5.82 Å². The van der Waals surface area contributed by atoms with Gasteiger partial charge in [-0.1, -0.05) is 60.9 Å². The Kier molecular flexibility index (Phi) is 8.03. The quantitative estimate of drug-likeness (QED) is 0.169. The second kappa shape index (κ2) is 12.2. The number of halogens is 1. The lowest BCUT2D eigenvalue weighted by atomic mass is 10.1. The van der Waals surface area contributed by atoms with E-state index in [0.29, 0.717) is 38.4 Å². The second-order valence-electron chi connectivity index (χ2n) is 9.69. The molecule has 0 amide bonds. The zero-order valence-electron chi connectivity index (χ0n) is 23.2. The van der Waals surface area contributed by atoms with Crippen molar-refractivity contribution in [1.82, 2.24) is 24.4 Å². The van der Waals surface area contributed by atoms with E-state index in [2.05, 4.69) is 17.0 Å². The molecule has 0 bridgehead atoms. The minimum absolute atomic E-state index is 0.240. The lowest BCUT2D eigenvalue weighted by Gasteiger charge is -2.05. The molecule has 0 aliphatic heterocycles. The van der Waals surface area contributed by atoms with Crippen molar-refractivity contribution in [2.45, 2.75) is 26.2 Å². The van der Waals surface area contributed by atoms with E-state index in [0.717, 1.165) is 47.4 Å². The van der Waals surface area contributed by atoms with Gasteiger partial charge in [-0.05, 0) is 67.1 Å². The lowest BCUT2D eigenvalue weighted by Crippen LogP contribution is -2.23. The largest absolute Gasteiger partial charge is 0.495 e. The van der Waals surface area contributed by atoms with Crippen molar-refractivity contribution < 1.29 is 9.47 Å². The van der Waals surface area contributed by atoms with Crippen LogP contribution < -0.4 is 19.6 Å². The summed E-state index contributed by atoms with van der Waals surface area (Å²) in [6.45, 7) is 2.86. The summed E-state index contributed by atoms with van der Waals surface area (Å²) in [5, 5.41) is 9.83. The summed E-state index contributed by atoms with van der Waals surface area (Å²) in [6.07, 6.45) is 7.06. The van der Waals surface area contributed by atoms with Crippen LogP contribution in [0.2, 0.25) is 5.02 Å². The first-order chi connectivity index (χ1) is 20.5. The maximum absolute atomic E-state index is 13.4. The van der Waals surface area contributed by atoms with Crippen LogP contribution >= 0.6 is 22.9 Å². The standard InChI is InChI=1S/C32H28ClN5O3S/c1-3-4-8-17-41-25-14-11-21(12-15-25)30-34-32-38(36-30)31(39)28(42-32)19-23-20-37(24-9-6-5-7-10-24)35-29(23)22-13-16-27(40-2)26(33)18-22/h5-7,9-16,18-20H,3-4,8,17H2,1-2H3/b28-19-. The minimum Gasteiger partial charge on any atom is -0.495 e. The number of methoxy groups -OCH3 is 1. The molecular weight excluding hydrogens is 570 g/mol. The van der Waals surface area contributed by atoms with Gasteiger partial charge in [0.2, 0.25) is 4.96 Å². The fourth-order valence-corrected chi connectivity index (χ4v) is 5.74. The molecule has 3 aromatic heterocycles. The zero-order valence-corrected chi connectivity index (χ0v) is 24.7. The van der Waals surface area contributed by atoms with E-state index < -0.39 is 0 Å². The Labute approximate surface area is 251 Å². The Hall–Kier alpha value is -4.47. The first kappa shape index (κ1) is 27.7. The summed E-state index contributed by atoms with van der Waals surface area (Å²) in [6, 6.07) is 22.9. The van der Waals surface area contributed by atoms with E-state index in [1.54, 1.807) is 17.9 Å². The molecule has 0 radical (unpaired) electrons. The fourth-order valence-electron chi connectivity index (χ4n) is 4.58. The molecule has 6 aromatic rings. The SMILES string of the molecule is CCCCCOc1ccc(-c2nc3s/c(=C\c4cn(-c5ccccc5)nc4-c4ccc(OC)c(Cl)c4)c(=O)n3n2)cc1. The van der Waals surface area contributed by atoms with Gasteiger partial charge in [-0.25, -0.2) is 4.68 Å². The Morgan fingerprint density at radius 2 is 1.76 bits per heavy atom. The highest BCUT2D eigenvalue weighted by atomic mass is 35.5. The maximum atomic E-state index is 13.4. The number of thiazole rings is 1. The topological polar surface area (TPSA) is 83.5 Å². The highest BCUT2D eigenvalue weighted by Crippen LogP contribution is 2.32. The van der Waals surface area contributed by atoms with Crippen LogP contribution in [0.15, 0.2) is 83.8 Å². The third-order valence-corrected chi connectivity index (χ3v) is 8.04. The van der Waals surface area contributed by atoms with Crippen LogP contribution in [0.25, 0.3) is 39.4 Å². The normalized spacial score (nSPS) is 11.8. The van der Waals surface area contributed by atoms with Gasteiger partial charge < -0.3 is 9.47 Å². The molecule has 0 N–H and O–H groups in total. The van der Waals surface area contributed by atoms with Crippen molar-refractivity contribution in [2.75, 3.05) is 13.7 Å². The number of fused-ring (bicyclic) bond motifs is 1. The zero-order chi connectivity index (χ0) is 29.1. The van der Waals surface area contributed by atoms with E-state index in [9.17, 15) is 4.79 Å². The number of hydrogen-bond acceptors (Lipinski definition) is 7. The van der Waals surface area contributed by atoms with Crippen molar-refractivity contribution in [1.29, 1.82) is 0 Å². The highest BCUT2D eigenvalue weighted by molar-refractivity contribution is 7.15. The summed E-state index contributed by atoms with van der Waals surface area (Å²) in [7, 11) is 1.58. The van der Waals surface area contributed by atoms with Gasteiger partial charge in [0, 0.05) is 22.9 Å². The van der Waals surface area contributed by atoms with Gasteiger partial charge in [0.1, 0.15) is 17.2 Å². The van der Waals surface area contributed by atoms with E-state index in [1.165, 1.54) is 15.9 Å². The molecule has 3 aromatic carbocycles. The van der Waals surface area contributed by atoms with E-state index in [-0.39, 0.29) is 5.56 Å². The van der Waals surface area contributed by atoms with Crippen molar-refractivity contribution in [3.63, 3.8) is 0 Å². The third-order valence-electron chi connectivity index (χ3n) is 6.79. The average Bonchev–Trinajstić information content (AvgIpc) is 3.71. The van der Waals surface area contributed by atoms with Crippen LogP contribution in [0.4, 0.5) is 0 Å². The third kappa shape index (κ3) is 5.66. The molecule has 8 nitrogen and oxygen atoms in total. The lowest BCUT2D eigenvalue weighted by molar-refractivity contribution is 0.306. The van der Waals surface area contributed by atoms with Gasteiger partial charge in [-0.15, -0.1) is 5.10 Å². The Bertz CT molecular complexity index is 1950. The smallest absolute Gasteiger partial charge is 0.291 e. The average molecular weight is 598 g/mol. The van der Waals surface area contributed by atoms with Gasteiger partial charge in [-0.3, -0.25) is 4.79 Å². The van der Waals surface area contributed by atoms with Gasteiger partial charge in [-0.2, -0.15) is 14.6 Å². The molecule has 10 heteroatoms. The molecule has 3 heterocycles. The summed E-state index contributed by atoms with van der Waals surface area (Å²) < 4.78 is 14.8. The molecule has 0 spiro atoms. The van der Waals surface area contributed by atoms with Gasteiger partial charge in [0.25, 0.3) is 5.56 Å². The number of hydrogen-bond donors (Lipinski definition) is 0. The van der Waals surface area contributed by atoms with Crippen LogP contribution in [0.5, 0.6) is 11.5 Å². The molecule has 212 valence electrons. The number of nitrogens with zero attached hydrogens (tertiary/aromatic N) is 5. The van der Waals surface area contributed by atoms with Crippen molar-refractivity contribution in [3.05, 3.63) is 104 Å². The number of ether oxygens (including phenoxy) is 2. The minimum atomic E-state index is -0.240. The predicted molar refractivity (Wildman–Crippen MR) is 167 cm³/mol. The number of aromatic nitrogens is 5. The maximum Gasteiger partial charge on any atom is 0.291 e. The molecule has 0 fully saturated rings. The molecule has 0 unspecified atom stereocenters. The van der Waals surface area contributed by atoms with Gasteiger partial charge >= 0.3 is 0 Å². The molecule has 0 aliphatic rings. The number of para-hydroxylation sites is 1. The van der Waals surface area contributed by atoms with Crippen LogP contribution in [0.1, 0.15) is 31.7 Å². The van der Waals surface area contributed by atoms with E-state index in [4.69, 9.17) is 26.2 Å². The monoisotopic (exact) mass is 597 g/mol. The second-order valence-corrected chi connectivity index (χ2v) is 11.1. The van der Waals surface area contributed by atoms with Gasteiger partial charge in [0.05, 0.1) is 29.0 Å². The van der Waals surface area contributed by atoms with Crippen LogP contribution in [-0.4, -0.2) is 38.1 Å². The molecule has 42 heavy (non-hydrogen) atoms. The molecule has 0 atom stereocenters. The molecule has 6 rings (SSSR count). The number of benzene rings is 3. The van der Waals surface area contributed by atoms with Crippen LogP contribution in [0.3, 0.4) is 0 Å². The van der Waals surface area contributed by atoms with Crippen molar-refractivity contribution >= 4 is 34.0 Å². The highest BCUT2D eigenvalue weighted by Gasteiger charge is 2.16. The molecule has 0 aliphatic carbocycles. The van der Waals surface area contributed by atoms with Crippen LogP contribution in [-0.2, 0) is 0 Å². The summed E-state index contributed by atoms with van der Waals surface area (Å²) in [4.78, 5) is 18.6. The Balaban J connectivity index is 1.35. The van der Waals surface area contributed by atoms with Crippen molar-refractivity contribution in [2.24, 2.45) is 0 Å². The van der Waals surface area contributed by atoms with Crippen molar-refractivity contribution in [3.8, 4) is 39.8 Å². The molecule has 0 saturated heterocycles. The number of unbranched alkanes of at least 4 members (excludes halogenated alkanes) is 2. The summed E-state index contributed by atoms with van der Waals surface area (Å²) in [5.41, 5.74) is 3.71. The summed E-state index contributed by atoms with van der Waals surface area (Å²) in [5.74, 6) is 1.88. The van der Waals surface area contributed by atoms with E-state index >= 15 is 0 Å². The Morgan fingerprint density at radius 3 is 2.48 bits per heavy atom. The molecular formula is C32H28ClN5O3S. The first-order valence-electron chi connectivity index (χ1n) is 13.7. The van der Waals surface area contributed by atoms with E-state index in [1.807, 2.05) is 79.0 Å².